The quantitative estimate of drug-likeness (QED) is 0.447. The van der Waals surface area contributed by atoms with Crippen LogP contribution in [0.1, 0.15) is 44.9 Å². The predicted octanol–water partition coefficient (Wildman–Crippen LogP) is 3.53. The first-order valence-electron chi connectivity index (χ1n) is 8.71. The van der Waals surface area contributed by atoms with Crippen molar-refractivity contribution in [3.63, 3.8) is 0 Å². The fourth-order valence-electron chi connectivity index (χ4n) is 3.02. The molecule has 0 radical (unpaired) electrons. The third kappa shape index (κ3) is 8.15. The number of amides is 1. The molecule has 0 saturated heterocycles. The number of carboxylic acid groups (broad SMARTS) is 1. The second-order valence-electron chi connectivity index (χ2n) is 7.76. The Morgan fingerprint density at radius 2 is 1.91 bits per heavy atom. The summed E-state index contributed by atoms with van der Waals surface area (Å²) < 4.78 is 0. The lowest BCUT2D eigenvalue weighted by Crippen LogP contribution is -2.44. The molecule has 1 rings (SSSR count). The van der Waals surface area contributed by atoms with Crippen molar-refractivity contribution in [3.8, 4) is 0 Å². The van der Waals surface area contributed by atoms with Crippen LogP contribution in [0.2, 0.25) is 25.7 Å². The van der Waals surface area contributed by atoms with Crippen molar-refractivity contribution in [2.75, 3.05) is 13.1 Å². The molecule has 1 fully saturated rings. The Labute approximate surface area is 136 Å². The Morgan fingerprint density at radius 3 is 2.45 bits per heavy atom. The molecule has 1 aliphatic carbocycles. The molecule has 0 spiro atoms. The molecule has 1 saturated carbocycles. The largest absolute Gasteiger partial charge is 0.464 e. The molecule has 3 N–H and O–H groups in total. The molecule has 0 aromatic rings. The highest BCUT2D eigenvalue weighted by Gasteiger charge is 2.22. The summed E-state index contributed by atoms with van der Waals surface area (Å²) in [5.41, 5.74) is 3.02. The molecule has 0 bridgehead atoms. The number of hydrogen-bond acceptors (Lipinski definition) is 3. The van der Waals surface area contributed by atoms with Crippen LogP contribution in [0.3, 0.4) is 0 Å². The van der Waals surface area contributed by atoms with Crippen molar-refractivity contribution in [1.82, 2.24) is 10.4 Å². The zero-order chi connectivity index (χ0) is 16.6. The highest BCUT2D eigenvalue weighted by atomic mass is 28.3. The van der Waals surface area contributed by atoms with Crippen molar-refractivity contribution < 1.29 is 15.0 Å². The van der Waals surface area contributed by atoms with E-state index in [1.165, 1.54) is 24.3 Å². The Balaban J connectivity index is 2.24. The highest BCUT2D eigenvalue weighted by Crippen LogP contribution is 2.28. The van der Waals surface area contributed by atoms with Crippen LogP contribution in [0.25, 0.3) is 0 Å². The van der Waals surface area contributed by atoms with Gasteiger partial charge in [-0.1, -0.05) is 38.9 Å². The number of aliphatic hydroxyl groups is 1. The number of nitrogens with one attached hydrogen (secondary N) is 1. The van der Waals surface area contributed by atoms with Crippen molar-refractivity contribution in [1.29, 1.82) is 0 Å². The molecular weight excluding hydrogens is 296 g/mol. The second-order valence-corrected chi connectivity index (χ2v) is 13.4. The number of rotatable bonds is 9. The van der Waals surface area contributed by atoms with E-state index >= 15 is 0 Å². The Morgan fingerprint density at radius 1 is 1.27 bits per heavy atom. The number of hydrogen-bond donors (Lipinski definition) is 3. The van der Waals surface area contributed by atoms with Gasteiger partial charge in [-0.25, -0.2) is 15.2 Å². The maximum Gasteiger partial charge on any atom is 0.421 e. The minimum Gasteiger partial charge on any atom is -0.464 e. The zero-order valence-corrected chi connectivity index (χ0v) is 15.5. The molecule has 0 heterocycles. The van der Waals surface area contributed by atoms with E-state index in [1.807, 2.05) is 0 Å². The van der Waals surface area contributed by atoms with E-state index in [2.05, 4.69) is 25.1 Å². The van der Waals surface area contributed by atoms with Crippen LogP contribution in [-0.4, -0.2) is 48.6 Å². The Hall–Kier alpha value is -0.593. The summed E-state index contributed by atoms with van der Waals surface area (Å²) in [5, 5.41) is 20.7. The first-order chi connectivity index (χ1) is 10.3. The molecule has 22 heavy (non-hydrogen) atoms. The van der Waals surface area contributed by atoms with E-state index in [0.717, 1.165) is 18.9 Å². The third-order valence-electron chi connectivity index (χ3n) is 4.48. The number of aliphatic hydroxyl groups excluding tert-OH is 1. The van der Waals surface area contributed by atoms with Gasteiger partial charge in [0.1, 0.15) is 0 Å². The third-order valence-corrected chi connectivity index (χ3v) is 6.23. The summed E-state index contributed by atoms with van der Waals surface area (Å²) in [6.45, 7) is 8.00. The smallest absolute Gasteiger partial charge is 0.421 e. The van der Waals surface area contributed by atoms with Crippen LogP contribution in [0, 0.1) is 5.92 Å². The molecule has 0 unspecified atom stereocenters. The van der Waals surface area contributed by atoms with Gasteiger partial charge in [-0.15, -0.1) is 0 Å². The van der Waals surface area contributed by atoms with Crippen LogP contribution in [0.15, 0.2) is 0 Å². The van der Waals surface area contributed by atoms with Crippen LogP contribution < -0.4 is 5.43 Å². The van der Waals surface area contributed by atoms with Gasteiger partial charge in [-0.2, -0.15) is 0 Å². The molecule has 1 amide bonds. The fraction of sp³-hybridized carbons (Fsp3) is 0.938. The predicted molar refractivity (Wildman–Crippen MR) is 92.7 cm³/mol. The summed E-state index contributed by atoms with van der Waals surface area (Å²) in [7, 11) is -1.15. The normalized spacial score (nSPS) is 18.2. The van der Waals surface area contributed by atoms with Crippen molar-refractivity contribution in [2.45, 2.75) is 76.7 Å². The van der Waals surface area contributed by atoms with Crippen LogP contribution in [0.4, 0.5) is 4.79 Å². The molecule has 0 aromatic carbocycles. The first-order valence-corrected chi connectivity index (χ1v) is 12.4. The standard InChI is InChI=1S/C16H34N2O3Si/c1-22(2,3)13-11-17-18(16(20)21)12-7-10-15(19)14-8-5-4-6-9-14/h14-15,17,19H,4-13H2,1-3H3,(H,20,21)/t15-/m0/s1. The minimum absolute atomic E-state index is 0.266. The maximum absolute atomic E-state index is 11.2. The lowest BCUT2D eigenvalue weighted by Gasteiger charge is -2.27. The highest BCUT2D eigenvalue weighted by molar-refractivity contribution is 6.76. The summed E-state index contributed by atoms with van der Waals surface area (Å²) >= 11 is 0. The summed E-state index contributed by atoms with van der Waals surface area (Å²) in [6.07, 6.45) is 6.20. The monoisotopic (exact) mass is 330 g/mol. The lowest BCUT2D eigenvalue weighted by atomic mass is 9.84. The summed E-state index contributed by atoms with van der Waals surface area (Å²) in [6, 6.07) is 1.06. The van der Waals surface area contributed by atoms with E-state index in [0.29, 0.717) is 31.8 Å². The van der Waals surface area contributed by atoms with E-state index in [1.54, 1.807) is 0 Å². The SMILES string of the molecule is C[Si](C)(C)CCNN(CCC[C@H](O)C1CCCCC1)C(=O)O. The van der Waals surface area contributed by atoms with Gasteiger partial charge in [0.2, 0.25) is 0 Å². The molecule has 1 aliphatic rings. The average Bonchev–Trinajstić information content (AvgIpc) is 2.45. The van der Waals surface area contributed by atoms with Gasteiger partial charge in [0.25, 0.3) is 0 Å². The molecule has 5 nitrogen and oxygen atoms in total. The number of carbonyl (C=O) groups is 1. The fourth-order valence-corrected chi connectivity index (χ4v) is 3.88. The molecule has 1 atom stereocenters. The second kappa shape index (κ2) is 9.52. The molecule has 6 heteroatoms. The first kappa shape index (κ1) is 19.5. The molecule has 0 aliphatic heterocycles. The topological polar surface area (TPSA) is 72.8 Å². The van der Waals surface area contributed by atoms with E-state index < -0.39 is 14.2 Å². The minimum atomic E-state index is -1.15. The average molecular weight is 331 g/mol. The van der Waals surface area contributed by atoms with Gasteiger partial charge in [-0.3, -0.25) is 0 Å². The molecule has 130 valence electrons. The zero-order valence-electron chi connectivity index (χ0n) is 14.5. The van der Waals surface area contributed by atoms with Gasteiger partial charge in [0.05, 0.1) is 6.10 Å². The van der Waals surface area contributed by atoms with Gasteiger partial charge < -0.3 is 10.2 Å². The van der Waals surface area contributed by atoms with Crippen molar-refractivity contribution in [3.05, 3.63) is 0 Å². The number of nitrogens with zero attached hydrogens (tertiary/aromatic N) is 1. The van der Waals surface area contributed by atoms with Crippen LogP contribution in [-0.2, 0) is 0 Å². The van der Waals surface area contributed by atoms with Gasteiger partial charge >= 0.3 is 6.09 Å². The van der Waals surface area contributed by atoms with E-state index in [-0.39, 0.29) is 6.10 Å². The van der Waals surface area contributed by atoms with Crippen molar-refractivity contribution in [2.24, 2.45) is 5.92 Å². The molecule has 0 aromatic heterocycles. The maximum atomic E-state index is 11.2. The lowest BCUT2D eigenvalue weighted by molar-refractivity contribution is 0.0684. The van der Waals surface area contributed by atoms with Crippen LogP contribution in [0.5, 0.6) is 0 Å². The van der Waals surface area contributed by atoms with Crippen LogP contribution >= 0.6 is 0 Å². The molecular formula is C16H34N2O3Si. The van der Waals surface area contributed by atoms with E-state index in [4.69, 9.17) is 0 Å². The van der Waals surface area contributed by atoms with Gasteiger partial charge in [0, 0.05) is 21.2 Å². The van der Waals surface area contributed by atoms with Gasteiger partial charge in [-0.05, 0) is 37.6 Å². The summed E-state index contributed by atoms with van der Waals surface area (Å²) in [4.78, 5) is 11.2. The number of hydrazine groups is 1. The van der Waals surface area contributed by atoms with Crippen molar-refractivity contribution >= 4 is 14.2 Å². The van der Waals surface area contributed by atoms with Gasteiger partial charge in [0.15, 0.2) is 0 Å². The summed E-state index contributed by atoms with van der Waals surface area (Å²) in [5.74, 6) is 0.423. The van der Waals surface area contributed by atoms with E-state index in [9.17, 15) is 15.0 Å². The Bertz CT molecular complexity index is 328. The Kier molecular flexibility index (Phi) is 8.42.